The van der Waals surface area contributed by atoms with Gasteiger partial charge in [-0.1, -0.05) is 6.07 Å². The van der Waals surface area contributed by atoms with E-state index in [9.17, 15) is 5.26 Å². The topological polar surface area (TPSA) is 44.9 Å². The van der Waals surface area contributed by atoms with Gasteiger partial charge in [-0.2, -0.15) is 10.4 Å². The first-order chi connectivity index (χ1) is 9.04. The van der Waals surface area contributed by atoms with Crippen LogP contribution in [-0.4, -0.2) is 15.8 Å². The molecule has 0 atom stereocenters. The molecule has 0 radical (unpaired) electrons. The van der Waals surface area contributed by atoms with Gasteiger partial charge in [0.15, 0.2) is 0 Å². The predicted molar refractivity (Wildman–Crippen MR) is 78.3 cm³/mol. The molecule has 0 saturated heterocycles. The normalized spacial score (nSPS) is 10.7. The maximum atomic E-state index is 9.34. The summed E-state index contributed by atoms with van der Waals surface area (Å²) in [4.78, 5) is 3.51. The molecule has 0 N–H and O–H groups in total. The van der Waals surface area contributed by atoms with Crippen molar-refractivity contribution in [3.05, 3.63) is 33.6 Å². The summed E-state index contributed by atoms with van der Waals surface area (Å²) in [6.45, 7) is 6.96. The van der Waals surface area contributed by atoms with Gasteiger partial charge in [0, 0.05) is 18.0 Å². The van der Waals surface area contributed by atoms with E-state index in [2.05, 4.69) is 47.4 Å². The first kappa shape index (κ1) is 13.6. The summed E-state index contributed by atoms with van der Waals surface area (Å²) in [6.07, 6.45) is 0. The third-order valence-corrected chi connectivity index (χ3v) is 3.97. The summed E-state index contributed by atoms with van der Waals surface area (Å²) in [5.41, 5.74) is 1.46. The molecule has 0 saturated carbocycles. The molecule has 0 aliphatic heterocycles. The van der Waals surface area contributed by atoms with Gasteiger partial charge < -0.3 is 4.90 Å². The summed E-state index contributed by atoms with van der Waals surface area (Å²) >= 11 is 1.74. The first-order valence-electron chi connectivity index (χ1n) is 6.27. The fourth-order valence-electron chi connectivity index (χ4n) is 2.18. The van der Waals surface area contributed by atoms with Gasteiger partial charge in [-0.3, -0.25) is 4.68 Å². The highest BCUT2D eigenvalue weighted by Gasteiger charge is 2.21. The molecule has 0 fully saturated rings. The minimum Gasteiger partial charge on any atom is -0.348 e. The second kappa shape index (κ2) is 5.45. The number of aryl methyl sites for hydroxylation is 2. The van der Waals surface area contributed by atoms with Crippen molar-refractivity contribution in [3.63, 3.8) is 0 Å². The lowest BCUT2D eigenvalue weighted by Gasteiger charge is -2.28. The largest absolute Gasteiger partial charge is 0.348 e. The number of rotatable bonds is 4. The minimum absolute atomic E-state index is 0.309. The van der Waals surface area contributed by atoms with Gasteiger partial charge >= 0.3 is 0 Å². The van der Waals surface area contributed by atoms with Gasteiger partial charge in [-0.25, -0.2) is 0 Å². The van der Waals surface area contributed by atoms with Crippen LogP contribution in [0.5, 0.6) is 0 Å². The zero-order chi connectivity index (χ0) is 14.0. The van der Waals surface area contributed by atoms with E-state index in [0.29, 0.717) is 11.6 Å². The van der Waals surface area contributed by atoms with Crippen molar-refractivity contribution in [1.82, 2.24) is 9.78 Å². The van der Waals surface area contributed by atoms with Crippen molar-refractivity contribution in [2.45, 2.75) is 33.4 Å². The van der Waals surface area contributed by atoms with E-state index < -0.39 is 0 Å². The van der Waals surface area contributed by atoms with Gasteiger partial charge in [0.1, 0.15) is 17.5 Å². The quantitative estimate of drug-likeness (QED) is 0.860. The average molecular weight is 274 g/mol. The summed E-state index contributed by atoms with van der Waals surface area (Å²) < 4.78 is 1.81. The van der Waals surface area contributed by atoms with Crippen LogP contribution in [0, 0.1) is 18.3 Å². The number of hydrogen-bond acceptors (Lipinski definition) is 4. The van der Waals surface area contributed by atoms with Crippen molar-refractivity contribution in [2.24, 2.45) is 7.05 Å². The highest BCUT2D eigenvalue weighted by molar-refractivity contribution is 7.09. The van der Waals surface area contributed by atoms with Gasteiger partial charge in [0.25, 0.3) is 0 Å². The second-order valence-corrected chi connectivity index (χ2v) is 5.85. The number of hydrogen-bond donors (Lipinski definition) is 0. The summed E-state index contributed by atoms with van der Waals surface area (Å²) in [5.74, 6) is 0.906. The van der Waals surface area contributed by atoms with Crippen molar-refractivity contribution >= 4 is 17.2 Å². The Morgan fingerprint density at radius 3 is 2.79 bits per heavy atom. The van der Waals surface area contributed by atoms with Crippen molar-refractivity contribution in [2.75, 3.05) is 4.90 Å². The Kier molecular flexibility index (Phi) is 3.91. The van der Waals surface area contributed by atoms with E-state index in [-0.39, 0.29) is 0 Å². The van der Waals surface area contributed by atoms with E-state index in [1.54, 1.807) is 11.3 Å². The fraction of sp³-hybridized carbons (Fsp3) is 0.429. The highest BCUT2D eigenvalue weighted by atomic mass is 32.1. The zero-order valence-electron chi connectivity index (χ0n) is 11.7. The number of aromatic nitrogens is 2. The van der Waals surface area contributed by atoms with Gasteiger partial charge in [-0.05, 0) is 32.2 Å². The van der Waals surface area contributed by atoms with Gasteiger partial charge in [0.2, 0.25) is 0 Å². The molecule has 0 aromatic carbocycles. The maximum absolute atomic E-state index is 9.34. The lowest BCUT2D eigenvalue weighted by atomic mass is 10.2. The molecular weight excluding hydrogens is 256 g/mol. The van der Waals surface area contributed by atoms with Crippen LogP contribution in [0.25, 0.3) is 0 Å². The summed E-state index contributed by atoms with van der Waals surface area (Å²) in [5, 5.41) is 15.8. The molecule has 2 aromatic rings. The predicted octanol–water partition coefficient (Wildman–Crippen LogP) is 3.08. The first-order valence-corrected chi connectivity index (χ1v) is 7.15. The van der Waals surface area contributed by atoms with E-state index in [1.165, 1.54) is 4.88 Å². The van der Waals surface area contributed by atoms with Crippen LogP contribution >= 0.6 is 11.3 Å². The van der Waals surface area contributed by atoms with E-state index in [0.717, 1.165) is 18.1 Å². The Bertz CT molecular complexity index is 590. The standard InChI is InChI=1S/C14H18N4S/c1-10(2)18(9-12-6-5-7-19-12)14-13(8-15)11(3)16-17(14)4/h5-7,10H,9H2,1-4H3. The van der Waals surface area contributed by atoms with E-state index in [4.69, 9.17) is 0 Å². The molecule has 0 amide bonds. The van der Waals surface area contributed by atoms with Crippen LogP contribution in [0.4, 0.5) is 5.82 Å². The molecule has 5 heteroatoms. The number of nitrogens with zero attached hydrogens (tertiary/aromatic N) is 4. The second-order valence-electron chi connectivity index (χ2n) is 4.82. The third kappa shape index (κ3) is 2.64. The van der Waals surface area contributed by atoms with Crippen LogP contribution in [-0.2, 0) is 13.6 Å². The van der Waals surface area contributed by atoms with Crippen LogP contribution in [0.3, 0.4) is 0 Å². The molecule has 100 valence electrons. The Morgan fingerprint density at radius 2 is 2.26 bits per heavy atom. The molecule has 2 heterocycles. The summed E-state index contributed by atoms with van der Waals surface area (Å²) in [6, 6.07) is 6.76. The Hall–Kier alpha value is -1.80. The zero-order valence-corrected chi connectivity index (χ0v) is 12.5. The van der Waals surface area contributed by atoms with Crippen molar-refractivity contribution < 1.29 is 0 Å². The number of thiophene rings is 1. The Labute approximate surface area is 117 Å². The minimum atomic E-state index is 0.309. The number of nitriles is 1. The molecule has 0 spiro atoms. The van der Waals surface area contributed by atoms with Crippen LogP contribution in [0.2, 0.25) is 0 Å². The van der Waals surface area contributed by atoms with Crippen LogP contribution < -0.4 is 4.90 Å². The fourth-order valence-corrected chi connectivity index (χ4v) is 2.88. The smallest absolute Gasteiger partial charge is 0.145 e. The molecule has 2 rings (SSSR count). The van der Waals surface area contributed by atoms with Crippen molar-refractivity contribution in [1.29, 1.82) is 5.26 Å². The van der Waals surface area contributed by atoms with E-state index in [1.807, 2.05) is 18.7 Å². The molecule has 0 unspecified atom stereocenters. The molecule has 19 heavy (non-hydrogen) atoms. The van der Waals surface area contributed by atoms with Gasteiger partial charge in [-0.15, -0.1) is 11.3 Å². The monoisotopic (exact) mass is 274 g/mol. The van der Waals surface area contributed by atoms with Crippen LogP contribution in [0.15, 0.2) is 17.5 Å². The van der Waals surface area contributed by atoms with Gasteiger partial charge in [0.05, 0.1) is 12.2 Å². The molecule has 4 nitrogen and oxygen atoms in total. The lowest BCUT2D eigenvalue weighted by Crippen LogP contribution is -2.32. The summed E-state index contributed by atoms with van der Waals surface area (Å²) in [7, 11) is 1.90. The number of anilines is 1. The van der Waals surface area contributed by atoms with E-state index >= 15 is 0 Å². The molecule has 0 aliphatic rings. The lowest BCUT2D eigenvalue weighted by molar-refractivity contribution is 0.637. The third-order valence-electron chi connectivity index (χ3n) is 3.11. The molecule has 0 bridgehead atoms. The maximum Gasteiger partial charge on any atom is 0.145 e. The molecule has 0 aliphatic carbocycles. The molecular formula is C14H18N4S. The molecule has 2 aromatic heterocycles. The average Bonchev–Trinajstić information content (AvgIpc) is 2.93. The van der Waals surface area contributed by atoms with Crippen molar-refractivity contribution in [3.8, 4) is 6.07 Å². The SMILES string of the molecule is Cc1nn(C)c(N(Cc2cccs2)C(C)C)c1C#N. The highest BCUT2D eigenvalue weighted by Crippen LogP contribution is 2.27. The Balaban J connectivity index is 2.43. The Morgan fingerprint density at radius 1 is 1.53 bits per heavy atom. The van der Waals surface area contributed by atoms with Crippen LogP contribution in [0.1, 0.15) is 30.0 Å².